The van der Waals surface area contributed by atoms with E-state index in [2.05, 4.69) is 15.7 Å². The van der Waals surface area contributed by atoms with Gasteiger partial charge < -0.3 is 15.7 Å². The molecule has 2 rings (SSSR count). The van der Waals surface area contributed by atoms with Gasteiger partial charge in [0.1, 0.15) is 10.9 Å². The molecule has 3 N–H and O–H groups in total. The van der Waals surface area contributed by atoms with Crippen molar-refractivity contribution < 1.29 is 19.5 Å². The van der Waals surface area contributed by atoms with Crippen LogP contribution in [-0.2, 0) is 16.6 Å². The van der Waals surface area contributed by atoms with Gasteiger partial charge in [0.2, 0.25) is 5.91 Å². The smallest absolute Gasteiger partial charge is 0.309 e. The van der Waals surface area contributed by atoms with Crippen molar-refractivity contribution in [2.24, 2.45) is 12.5 Å². The zero-order valence-electron chi connectivity index (χ0n) is 15.5. The van der Waals surface area contributed by atoms with Gasteiger partial charge in [-0.25, -0.2) is 0 Å². The molecule has 142 valence electrons. The van der Waals surface area contributed by atoms with Gasteiger partial charge in [0, 0.05) is 19.0 Å². The third-order valence-electron chi connectivity index (χ3n) is 4.29. The van der Waals surface area contributed by atoms with Crippen molar-refractivity contribution in [2.45, 2.75) is 40.2 Å². The summed E-state index contributed by atoms with van der Waals surface area (Å²) in [5.74, 6) is -1.58. The van der Waals surface area contributed by atoms with E-state index in [1.165, 1.54) is 11.3 Å². The fourth-order valence-electron chi connectivity index (χ4n) is 2.41. The Labute approximate surface area is 155 Å². The summed E-state index contributed by atoms with van der Waals surface area (Å²) in [6.07, 6.45) is 0.303. The van der Waals surface area contributed by atoms with Crippen molar-refractivity contribution in [2.75, 3.05) is 6.54 Å². The van der Waals surface area contributed by atoms with Crippen LogP contribution >= 0.6 is 11.3 Å². The Bertz CT molecular complexity index is 818. The first-order valence-electron chi connectivity index (χ1n) is 8.28. The minimum absolute atomic E-state index is 0.228. The monoisotopic (exact) mass is 380 g/mol. The molecule has 26 heavy (non-hydrogen) atoms. The molecule has 0 aliphatic carbocycles. The number of fused-ring (bicyclic) bond motifs is 1. The lowest BCUT2D eigenvalue weighted by Crippen LogP contribution is -2.45. The molecular formula is C17H24N4O4S. The van der Waals surface area contributed by atoms with Gasteiger partial charge >= 0.3 is 5.97 Å². The molecule has 0 bridgehead atoms. The minimum Gasteiger partial charge on any atom is -0.481 e. The Morgan fingerprint density at radius 2 is 2.04 bits per heavy atom. The van der Waals surface area contributed by atoms with E-state index in [9.17, 15) is 14.4 Å². The topological polar surface area (TPSA) is 113 Å². The number of aryl methyl sites for hydroxylation is 2. The number of aromatic nitrogens is 2. The molecule has 8 nitrogen and oxygen atoms in total. The van der Waals surface area contributed by atoms with Crippen molar-refractivity contribution in [1.29, 1.82) is 0 Å². The predicted octanol–water partition coefficient (Wildman–Crippen LogP) is 1.68. The molecule has 2 amide bonds. The normalized spacial score (nSPS) is 12.8. The molecular weight excluding hydrogens is 356 g/mol. The van der Waals surface area contributed by atoms with Crippen molar-refractivity contribution >= 4 is 39.3 Å². The number of thiophene rings is 1. The fourth-order valence-corrected chi connectivity index (χ4v) is 3.43. The summed E-state index contributed by atoms with van der Waals surface area (Å²) in [4.78, 5) is 37.0. The van der Waals surface area contributed by atoms with E-state index in [1.54, 1.807) is 31.5 Å². The van der Waals surface area contributed by atoms with Crippen molar-refractivity contribution in [3.63, 3.8) is 0 Å². The highest BCUT2D eigenvalue weighted by molar-refractivity contribution is 7.20. The van der Waals surface area contributed by atoms with Gasteiger partial charge in [-0.3, -0.25) is 19.1 Å². The number of carboxylic acids is 1. The average molecular weight is 380 g/mol. The maximum absolute atomic E-state index is 12.4. The second kappa shape index (κ2) is 7.45. The van der Waals surface area contributed by atoms with Crippen LogP contribution in [-0.4, -0.2) is 45.3 Å². The molecule has 1 unspecified atom stereocenters. The lowest BCUT2D eigenvalue weighted by molar-refractivity contribution is -0.147. The average Bonchev–Trinajstić information content (AvgIpc) is 3.09. The zero-order chi connectivity index (χ0) is 19.6. The molecule has 9 heteroatoms. The van der Waals surface area contributed by atoms with Crippen molar-refractivity contribution in [3.8, 4) is 0 Å². The molecule has 2 aromatic heterocycles. The second-order valence-electron chi connectivity index (χ2n) is 6.96. The Morgan fingerprint density at radius 3 is 2.62 bits per heavy atom. The standard InChI is InChI=1S/C17H24N4O4S/c1-9-11-8-12(26-15(11)21(5)20-9)14(23)19-10(2)13(22)18-7-6-17(3,4)16(24)25/h8,10H,6-7H2,1-5H3,(H,18,22)(H,19,23)(H,24,25). The minimum atomic E-state index is -0.914. The van der Waals surface area contributed by atoms with Crippen LogP contribution in [0.2, 0.25) is 0 Å². The largest absolute Gasteiger partial charge is 0.481 e. The highest BCUT2D eigenvalue weighted by Crippen LogP contribution is 2.27. The summed E-state index contributed by atoms with van der Waals surface area (Å²) in [7, 11) is 1.82. The van der Waals surface area contributed by atoms with Gasteiger partial charge in [0.05, 0.1) is 16.0 Å². The van der Waals surface area contributed by atoms with Gasteiger partial charge in [0.25, 0.3) is 5.91 Å². The first kappa shape index (κ1) is 19.9. The van der Waals surface area contributed by atoms with E-state index in [1.807, 2.05) is 14.0 Å². The molecule has 2 aromatic rings. The van der Waals surface area contributed by atoms with Gasteiger partial charge in [-0.1, -0.05) is 0 Å². The van der Waals surface area contributed by atoms with E-state index in [0.29, 0.717) is 11.3 Å². The molecule has 0 fully saturated rings. The number of hydrogen-bond acceptors (Lipinski definition) is 5. The van der Waals surface area contributed by atoms with Crippen molar-refractivity contribution in [1.82, 2.24) is 20.4 Å². The summed E-state index contributed by atoms with van der Waals surface area (Å²) in [6, 6.07) is 1.05. The number of aliphatic carboxylic acids is 1. The summed E-state index contributed by atoms with van der Waals surface area (Å²) in [5.41, 5.74) is -0.0624. The molecule has 2 heterocycles. The quantitative estimate of drug-likeness (QED) is 0.676. The Hall–Kier alpha value is -2.42. The number of carbonyl (C=O) groups excluding carboxylic acids is 2. The van der Waals surface area contributed by atoms with Crippen LogP contribution in [0.1, 0.15) is 42.6 Å². The molecule has 0 aromatic carbocycles. The summed E-state index contributed by atoms with van der Waals surface area (Å²) in [6.45, 7) is 6.91. The Morgan fingerprint density at radius 1 is 1.38 bits per heavy atom. The van der Waals surface area contributed by atoms with Crippen LogP contribution in [0.15, 0.2) is 6.07 Å². The van der Waals surface area contributed by atoms with E-state index >= 15 is 0 Å². The predicted molar refractivity (Wildman–Crippen MR) is 99.3 cm³/mol. The van der Waals surface area contributed by atoms with Crippen LogP contribution in [0.3, 0.4) is 0 Å². The molecule has 0 saturated carbocycles. The second-order valence-corrected chi connectivity index (χ2v) is 7.99. The molecule has 0 saturated heterocycles. The lowest BCUT2D eigenvalue weighted by atomic mass is 9.90. The highest BCUT2D eigenvalue weighted by Gasteiger charge is 2.27. The summed E-state index contributed by atoms with van der Waals surface area (Å²) in [5, 5.41) is 19.6. The number of rotatable bonds is 7. The lowest BCUT2D eigenvalue weighted by Gasteiger charge is -2.20. The number of carbonyl (C=O) groups is 3. The van der Waals surface area contributed by atoms with Crippen LogP contribution in [0, 0.1) is 12.3 Å². The Kier molecular flexibility index (Phi) is 5.70. The molecule has 0 aliphatic heterocycles. The first-order valence-corrected chi connectivity index (χ1v) is 9.09. The number of nitrogens with one attached hydrogen (secondary N) is 2. The molecule has 0 aliphatic rings. The number of amides is 2. The SMILES string of the molecule is Cc1nn(C)c2sc(C(=O)NC(C)C(=O)NCCC(C)(C)C(=O)O)cc12. The maximum Gasteiger partial charge on any atom is 0.309 e. The van der Waals surface area contributed by atoms with Gasteiger partial charge in [0.15, 0.2) is 0 Å². The van der Waals surface area contributed by atoms with Gasteiger partial charge in [-0.15, -0.1) is 11.3 Å². The van der Waals surface area contributed by atoms with Crippen LogP contribution in [0.5, 0.6) is 0 Å². The Balaban J connectivity index is 1.92. The molecule has 0 radical (unpaired) electrons. The third-order valence-corrected chi connectivity index (χ3v) is 5.49. The van der Waals surface area contributed by atoms with E-state index in [4.69, 9.17) is 5.11 Å². The molecule has 0 spiro atoms. The van der Waals surface area contributed by atoms with Gasteiger partial charge in [-0.05, 0) is 40.2 Å². The third kappa shape index (κ3) is 4.21. The van der Waals surface area contributed by atoms with E-state index in [-0.39, 0.29) is 18.4 Å². The highest BCUT2D eigenvalue weighted by atomic mass is 32.1. The van der Waals surface area contributed by atoms with Gasteiger partial charge in [-0.2, -0.15) is 5.10 Å². The molecule has 1 atom stereocenters. The number of hydrogen-bond donors (Lipinski definition) is 3. The van der Waals surface area contributed by atoms with Crippen molar-refractivity contribution in [3.05, 3.63) is 16.6 Å². The zero-order valence-corrected chi connectivity index (χ0v) is 16.4. The first-order chi connectivity index (χ1) is 12.0. The summed E-state index contributed by atoms with van der Waals surface area (Å²) < 4.78 is 1.73. The maximum atomic E-state index is 12.4. The van der Waals surface area contributed by atoms with Crippen LogP contribution in [0.25, 0.3) is 10.2 Å². The van der Waals surface area contributed by atoms with E-state index < -0.39 is 17.4 Å². The summed E-state index contributed by atoms with van der Waals surface area (Å²) >= 11 is 1.32. The van der Waals surface area contributed by atoms with Crippen LogP contribution in [0.4, 0.5) is 0 Å². The van der Waals surface area contributed by atoms with Crippen LogP contribution < -0.4 is 10.6 Å². The number of nitrogens with zero attached hydrogens (tertiary/aromatic N) is 2. The fraction of sp³-hybridized carbons (Fsp3) is 0.529. The van der Waals surface area contributed by atoms with E-state index in [0.717, 1.165) is 15.9 Å². The number of carboxylic acid groups (broad SMARTS) is 1.